The summed E-state index contributed by atoms with van der Waals surface area (Å²) in [5.41, 5.74) is 17.4. The van der Waals surface area contributed by atoms with Crippen LogP contribution in [0.15, 0.2) is 206 Å². The van der Waals surface area contributed by atoms with Crippen LogP contribution < -0.4 is 9.64 Å². The van der Waals surface area contributed by atoms with Crippen LogP contribution in [0.2, 0.25) is 0 Å². The van der Waals surface area contributed by atoms with Gasteiger partial charge in [-0.2, -0.15) is 0 Å². The molecule has 0 saturated carbocycles. The van der Waals surface area contributed by atoms with Gasteiger partial charge in [-0.3, -0.25) is 0 Å². The van der Waals surface area contributed by atoms with Crippen molar-refractivity contribution in [3.05, 3.63) is 234 Å². The van der Waals surface area contributed by atoms with Gasteiger partial charge in [0, 0.05) is 61.7 Å². The molecule has 60 heavy (non-hydrogen) atoms. The van der Waals surface area contributed by atoms with Crippen LogP contribution in [0.3, 0.4) is 0 Å². The minimum atomic E-state index is -0.666. The summed E-state index contributed by atoms with van der Waals surface area (Å²) in [5, 5.41) is 4.80. The topological polar surface area (TPSA) is 22.3 Å². The number of fused-ring (bicyclic) bond motifs is 19. The number of benzene rings is 8. The molecule has 1 aliphatic carbocycles. The zero-order valence-corrected chi connectivity index (χ0v) is 32.5. The number of rotatable bonds is 2. The van der Waals surface area contributed by atoms with E-state index in [-0.39, 0.29) is 0 Å². The zero-order chi connectivity index (χ0) is 39.1. The van der Waals surface area contributed by atoms with Crippen LogP contribution >= 0.6 is 0 Å². The van der Waals surface area contributed by atoms with Gasteiger partial charge < -0.3 is 18.8 Å². The molecule has 4 aliphatic rings. The van der Waals surface area contributed by atoms with E-state index in [1.165, 1.54) is 71.9 Å². The smallest absolute Gasteiger partial charge is 0.156 e. The molecule has 0 N–H and O–H groups in total. The van der Waals surface area contributed by atoms with Crippen molar-refractivity contribution in [2.24, 2.45) is 0 Å². The van der Waals surface area contributed by atoms with E-state index in [2.05, 4.69) is 214 Å². The van der Waals surface area contributed by atoms with Crippen molar-refractivity contribution in [1.29, 1.82) is 0 Å². The molecule has 280 valence electrons. The molecule has 1 spiro atoms. The van der Waals surface area contributed by atoms with Gasteiger partial charge in [-0.1, -0.05) is 140 Å². The Morgan fingerprint density at radius 1 is 0.467 bits per heavy atom. The fraction of sp³-hybridized carbons (Fsp3) is 0.0357. The van der Waals surface area contributed by atoms with Gasteiger partial charge in [-0.05, 0) is 77.4 Å². The van der Waals surface area contributed by atoms with Gasteiger partial charge in [-0.15, -0.1) is 0 Å². The lowest BCUT2D eigenvalue weighted by Gasteiger charge is -2.51. The van der Waals surface area contributed by atoms with Crippen molar-refractivity contribution < 1.29 is 4.74 Å². The Hall–Kier alpha value is -7.82. The summed E-state index contributed by atoms with van der Waals surface area (Å²) >= 11 is 0. The third-order valence-corrected chi connectivity index (χ3v) is 13.5. The molecule has 4 heteroatoms. The van der Waals surface area contributed by atoms with Crippen LogP contribution in [-0.2, 0) is 5.41 Å². The molecular weight excluding hydrogens is 731 g/mol. The fourth-order valence-corrected chi connectivity index (χ4v) is 11.2. The molecule has 4 nitrogen and oxygen atoms in total. The highest BCUT2D eigenvalue weighted by Crippen LogP contribution is 2.65. The van der Waals surface area contributed by atoms with E-state index in [9.17, 15) is 0 Å². The third-order valence-electron chi connectivity index (χ3n) is 13.5. The maximum absolute atomic E-state index is 7.38. The monoisotopic (exact) mass is 765 g/mol. The number of hydrogen-bond acceptors (Lipinski definition) is 2. The van der Waals surface area contributed by atoms with Gasteiger partial charge in [0.15, 0.2) is 5.75 Å². The van der Waals surface area contributed by atoms with Crippen LogP contribution in [0.25, 0.3) is 60.6 Å². The van der Waals surface area contributed by atoms with Crippen molar-refractivity contribution in [2.75, 3.05) is 4.90 Å². The van der Waals surface area contributed by atoms with Crippen molar-refractivity contribution in [3.63, 3.8) is 0 Å². The first-order valence-electron chi connectivity index (χ1n) is 20.8. The second-order valence-corrected chi connectivity index (χ2v) is 16.4. The van der Waals surface area contributed by atoms with E-state index in [0.717, 1.165) is 51.5 Å². The molecule has 14 rings (SSSR count). The summed E-state index contributed by atoms with van der Waals surface area (Å²) in [6.45, 7) is 0. The standard InChI is InChI=1S/C56H35N3O/c1-2-16-36(17-3-1)57-48-25-10-7-20-41(48)43-34-38(29-32-50(43)57)58-49-26-11-6-19-40(49)42-30-31-47-55(54(42)58)60-52-28-13-9-23-45(52)56(47)44-22-8-12-27-51(44)59-37-18-5-4-15-35(33-37)39-21-14-24-46(56)53(39)59/h1-32,34H,33H2. The molecule has 2 aromatic heterocycles. The lowest BCUT2D eigenvalue weighted by molar-refractivity contribution is 0.437. The van der Waals surface area contributed by atoms with E-state index >= 15 is 0 Å². The lowest BCUT2D eigenvalue weighted by Crippen LogP contribution is -2.41. The first-order chi connectivity index (χ1) is 29.8. The van der Waals surface area contributed by atoms with E-state index in [4.69, 9.17) is 4.74 Å². The number of ether oxygens (including phenoxy) is 1. The number of para-hydroxylation sites is 6. The molecule has 1 unspecified atom stereocenters. The van der Waals surface area contributed by atoms with Gasteiger partial charge in [0.05, 0.1) is 38.9 Å². The Labute approximate surface area is 346 Å². The second-order valence-electron chi connectivity index (χ2n) is 16.4. The third kappa shape index (κ3) is 3.95. The van der Waals surface area contributed by atoms with E-state index in [1.807, 2.05) is 0 Å². The summed E-state index contributed by atoms with van der Waals surface area (Å²) in [6, 6.07) is 64.7. The minimum absolute atomic E-state index is 0.666. The summed E-state index contributed by atoms with van der Waals surface area (Å²) in [6.07, 6.45) is 9.85. The molecular formula is C56H35N3O. The van der Waals surface area contributed by atoms with E-state index in [0.29, 0.717) is 0 Å². The van der Waals surface area contributed by atoms with Crippen LogP contribution in [0.5, 0.6) is 11.5 Å². The Kier molecular flexibility index (Phi) is 6.25. The second kappa shape index (κ2) is 11.6. The zero-order valence-electron chi connectivity index (χ0n) is 32.5. The molecule has 10 aromatic rings. The molecule has 1 atom stereocenters. The summed E-state index contributed by atoms with van der Waals surface area (Å²) in [4.78, 5) is 2.53. The van der Waals surface area contributed by atoms with Crippen molar-refractivity contribution in [2.45, 2.75) is 11.8 Å². The van der Waals surface area contributed by atoms with E-state index < -0.39 is 5.41 Å². The van der Waals surface area contributed by atoms with Crippen LogP contribution in [0.4, 0.5) is 11.4 Å². The first kappa shape index (κ1) is 32.2. The molecule has 0 fully saturated rings. The Balaban J connectivity index is 1.12. The number of hydrogen-bond donors (Lipinski definition) is 0. The lowest BCUT2D eigenvalue weighted by atomic mass is 9.60. The molecule has 0 amide bonds. The fourth-order valence-electron chi connectivity index (χ4n) is 11.2. The highest BCUT2D eigenvalue weighted by atomic mass is 16.5. The molecule has 5 heterocycles. The molecule has 2 bridgehead atoms. The number of nitrogens with zero attached hydrogens (tertiary/aromatic N) is 3. The van der Waals surface area contributed by atoms with Gasteiger partial charge in [0.2, 0.25) is 0 Å². The SMILES string of the molecule is C1=CC=C2CC(=C1)c1cccc3c1N2c1ccccc1C31c2ccccc2Oc2c1ccc1c3ccccc3n(-c3ccc4c(c3)c3ccccc3n4-c3ccccc3)c21. The summed E-state index contributed by atoms with van der Waals surface area (Å²) in [5.74, 6) is 1.77. The van der Waals surface area contributed by atoms with Crippen LogP contribution in [-0.4, -0.2) is 9.13 Å². The number of allylic oxidation sites excluding steroid dienone is 5. The van der Waals surface area contributed by atoms with Crippen molar-refractivity contribution in [1.82, 2.24) is 9.13 Å². The molecule has 3 aliphatic heterocycles. The van der Waals surface area contributed by atoms with Gasteiger partial charge in [0.25, 0.3) is 0 Å². The minimum Gasteiger partial charge on any atom is -0.454 e. The predicted octanol–water partition coefficient (Wildman–Crippen LogP) is 14.1. The first-order valence-corrected chi connectivity index (χ1v) is 20.8. The molecule has 8 aromatic carbocycles. The average molecular weight is 766 g/mol. The largest absolute Gasteiger partial charge is 0.454 e. The predicted molar refractivity (Wildman–Crippen MR) is 245 cm³/mol. The number of aromatic nitrogens is 2. The van der Waals surface area contributed by atoms with Crippen LogP contribution in [0, 0.1) is 0 Å². The molecule has 0 saturated heterocycles. The Morgan fingerprint density at radius 3 is 2.05 bits per heavy atom. The Bertz CT molecular complexity index is 3620. The van der Waals surface area contributed by atoms with E-state index in [1.54, 1.807) is 0 Å². The van der Waals surface area contributed by atoms with Gasteiger partial charge >= 0.3 is 0 Å². The maximum Gasteiger partial charge on any atom is 0.156 e. The molecule has 0 radical (unpaired) electrons. The van der Waals surface area contributed by atoms with Gasteiger partial charge in [-0.25, -0.2) is 0 Å². The van der Waals surface area contributed by atoms with Crippen molar-refractivity contribution in [3.8, 4) is 22.9 Å². The average Bonchev–Trinajstić information content (AvgIpc) is 3.73. The van der Waals surface area contributed by atoms with Gasteiger partial charge in [0.1, 0.15) is 5.75 Å². The normalized spacial score (nSPS) is 16.9. The summed E-state index contributed by atoms with van der Waals surface area (Å²) in [7, 11) is 0. The Morgan fingerprint density at radius 2 is 1.17 bits per heavy atom. The summed E-state index contributed by atoms with van der Waals surface area (Å²) < 4.78 is 12.2. The highest BCUT2D eigenvalue weighted by molar-refractivity contribution is 6.14. The van der Waals surface area contributed by atoms with Crippen molar-refractivity contribution >= 4 is 60.6 Å². The highest BCUT2D eigenvalue weighted by Gasteiger charge is 2.53. The van der Waals surface area contributed by atoms with Crippen LogP contribution in [0.1, 0.15) is 34.2 Å². The number of anilines is 2. The quantitative estimate of drug-likeness (QED) is 0.175. The maximum atomic E-state index is 7.38.